The molecule has 0 saturated heterocycles. The molecule has 1 aromatic carbocycles. The normalized spacial score (nSPS) is 13.3. The Morgan fingerprint density at radius 1 is 1.35 bits per heavy atom. The molecule has 1 rings (SSSR count). The number of hydrogen-bond acceptors (Lipinski definition) is 3. The summed E-state index contributed by atoms with van der Waals surface area (Å²) < 4.78 is 19.5. The van der Waals surface area contributed by atoms with Gasteiger partial charge in [-0.05, 0) is 38.2 Å². The molecule has 1 unspecified atom stereocenters. The highest BCUT2D eigenvalue weighted by Gasteiger charge is 2.26. The molecule has 0 amide bonds. The highest BCUT2D eigenvalue weighted by Crippen LogP contribution is 2.32. The summed E-state index contributed by atoms with van der Waals surface area (Å²) in [6, 6.07) is 4.89. The van der Waals surface area contributed by atoms with Crippen LogP contribution in [0.1, 0.15) is 45.2 Å². The van der Waals surface area contributed by atoms with Crippen molar-refractivity contribution in [2.24, 2.45) is 0 Å². The van der Waals surface area contributed by atoms with Crippen molar-refractivity contribution >= 4 is 11.8 Å². The number of methoxy groups -OCH3 is 1. The Balaban J connectivity index is 2.84. The molecule has 0 saturated carbocycles. The molecular formula is C16H26FNOS. The molecule has 0 heterocycles. The molecule has 1 atom stereocenters. The van der Waals surface area contributed by atoms with Gasteiger partial charge in [0.25, 0.3) is 0 Å². The molecule has 1 aromatic rings. The van der Waals surface area contributed by atoms with E-state index in [1.54, 1.807) is 19.2 Å². The lowest BCUT2D eigenvalue weighted by Gasteiger charge is -2.32. The van der Waals surface area contributed by atoms with Gasteiger partial charge in [0.05, 0.1) is 7.11 Å². The molecular weight excluding hydrogens is 273 g/mol. The maximum Gasteiger partial charge on any atom is 0.131 e. The van der Waals surface area contributed by atoms with Crippen LogP contribution in [-0.4, -0.2) is 24.7 Å². The number of thioether (sulfide) groups is 1. The van der Waals surface area contributed by atoms with Crippen molar-refractivity contribution in [3.8, 4) is 5.75 Å². The van der Waals surface area contributed by atoms with Crippen molar-refractivity contribution in [1.29, 1.82) is 0 Å². The monoisotopic (exact) mass is 299 g/mol. The molecule has 20 heavy (non-hydrogen) atoms. The van der Waals surface area contributed by atoms with Gasteiger partial charge in [-0.3, -0.25) is 0 Å². The standard InChI is InChI=1S/C16H26FNOS/c1-6-16(7-2,20-5)11-18-12(3)15-13(17)9-8-10-14(15)19-4/h8-10,12,18H,6-7,11H2,1-5H3. The third kappa shape index (κ3) is 3.89. The van der Waals surface area contributed by atoms with Crippen LogP contribution in [0, 0.1) is 5.82 Å². The topological polar surface area (TPSA) is 21.3 Å². The van der Waals surface area contributed by atoms with E-state index in [2.05, 4.69) is 25.4 Å². The first-order valence-corrected chi connectivity index (χ1v) is 8.37. The van der Waals surface area contributed by atoms with E-state index in [0.717, 1.165) is 19.4 Å². The smallest absolute Gasteiger partial charge is 0.131 e. The van der Waals surface area contributed by atoms with Gasteiger partial charge < -0.3 is 10.1 Å². The van der Waals surface area contributed by atoms with Gasteiger partial charge in [0, 0.05) is 22.9 Å². The lowest BCUT2D eigenvalue weighted by Crippen LogP contribution is -2.38. The van der Waals surface area contributed by atoms with Crippen LogP contribution in [0.25, 0.3) is 0 Å². The van der Waals surface area contributed by atoms with Crippen LogP contribution in [0.2, 0.25) is 0 Å². The summed E-state index contributed by atoms with van der Waals surface area (Å²) in [6.45, 7) is 7.25. The van der Waals surface area contributed by atoms with Crippen molar-refractivity contribution in [1.82, 2.24) is 5.32 Å². The van der Waals surface area contributed by atoms with Crippen LogP contribution >= 0.6 is 11.8 Å². The summed E-state index contributed by atoms with van der Waals surface area (Å²) >= 11 is 1.88. The maximum atomic E-state index is 14.0. The summed E-state index contributed by atoms with van der Waals surface area (Å²) in [7, 11) is 1.58. The molecule has 0 fully saturated rings. The number of hydrogen-bond donors (Lipinski definition) is 1. The molecule has 0 aromatic heterocycles. The van der Waals surface area contributed by atoms with Gasteiger partial charge in [0.15, 0.2) is 0 Å². The molecule has 4 heteroatoms. The number of ether oxygens (including phenoxy) is 1. The fourth-order valence-corrected chi connectivity index (χ4v) is 3.22. The minimum absolute atomic E-state index is 0.0734. The molecule has 0 aliphatic heterocycles. The van der Waals surface area contributed by atoms with Gasteiger partial charge in [0.1, 0.15) is 11.6 Å². The Bertz CT molecular complexity index is 413. The zero-order valence-corrected chi connectivity index (χ0v) is 13.9. The molecule has 114 valence electrons. The number of halogens is 1. The maximum absolute atomic E-state index is 14.0. The number of rotatable bonds is 8. The third-order valence-corrected chi connectivity index (χ3v) is 5.71. The predicted octanol–water partition coefficient (Wildman–Crippen LogP) is 4.41. The Labute approximate surface area is 126 Å². The first-order chi connectivity index (χ1) is 9.53. The zero-order valence-electron chi connectivity index (χ0n) is 13.1. The fourth-order valence-electron chi connectivity index (χ4n) is 2.42. The summed E-state index contributed by atoms with van der Waals surface area (Å²) in [6.07, 6.45) is 4.33. The average Bonchev–Trinajstić information content (AvgIpc) is 2.48. The van der Waals surface area contributed by atoms with E-state index >= 15 is 0 Å². The second kappa shape index (κ2) is 7.89. The van der Waals surface area contributed by atoms with Crippen molar-refractivity contribution < 1.29 is 9.13 Å². The third-order valence-electron chi connectivity index (χ3n) is 4.12. The molecule has 0 aliphatic carbocycles. The van der Waals surface area contributed by atoms with Gasteiger partial charge in [0.2, 0.25) is 0 Å². The van der Waals surface area contributed by atoms with E-state index in [1.807, 2.05) is 18.7 Å². The van der Waals surface area contributed by atoms with Crippen LogP contribution in [0.4, 0.5) is 4.39 Å². The molecule has 2 nitrogen and oxygen atoms in total. The van der Waals surface area contributed by atoms with Gasteiger partial charge in [-0.25, -0.2) is 4.39 Å². The van der Waals surface area contributed by atoms with E-state index in [0.29, 0.717) is 11.3 Å². The Morgan fingerprint density at radius 3 is 2.50 bits per heavy atom. The SMILES string of the molecule is CCC(CC)(CNC(C)c1c(F)cccc1OC)SC. The van der Waals surface area contributed by atoms with Crippen LogP contribution in [0.15, 0.2) is 18.2 Å². The fraction of sp³-hybridized carbons (Fsp3) is 0.625. The molecule has 0 bridgehead atoms. The van der Waals surface area contributed by atoms with Crippen molar-refractivity contribution in [3.05, 3.63) is 29.6 Å². The minimum Gasteiger partial charge on any atom is -0.496 e. The van der Waals surface area contributed by atoms with E-state index in [1.165, 1.54) is 6.07 Å². The predicted molar refractivity (Wildman–Crippen MR) is 86.2 cm³/mol. The molecule has 1 N–H and O–H groups in total. The summed E-state index contributed by atoms with van der Waals surface area (Å²) in [5, 5.41) is 3.47. The summed E-state index contributed by atoms with van der Waals surface area (Å²) in [4.78, 5) is 0. The van der Waals surface area contributed by atoms with Crippen LogP contribution in [0.3, 0.4) is 0 Å². The lowest BCUT2D eigenvalue weighted by molar-refractivity contribution is 0.387. The Morgan fingerprint density at radius 2 is 2.00 bits per heavy atom. The molecule has 0 spiro atoms. The summed E-state index contributed by atoms with van der Waals surface area (Å²) in [5.41, 5.74) is 0.609. The van der Waals surface area contributed by atoms with Crippen molar-refractivity contribution in [2.45, 2.75) is 44.4 Å². The number of benzene rings is 1. The zero-order chi connectivity index (χ0) is 15.2. The number of nitrogens with one attached hydrogen (secondary N) is 1. The first-order valence-electron chi connectivity index (χ1n) is 7.14. The highest BCUT2D eigenvalue weighted by molar-refractivity contribution is 8.00. The van der Waals surface area contributed by atoms with E-state index in [-0.39, 0.29) is 16.6 Å². The average molecular weight is 299 g/mol. The minimum atomic E-state index is -0.216. The first kappa shape index (κ1) is 17.3. The second-order valence-corrected chi connectivity index (χ2v) is 6.33. The Kier molecular flexibility index (Phi) is 6.83. The highest BCUT2D eigenvalue weighted by atomic mass is 32.2. The van der Waals surface area contributed by atoms with Crippen LogP contribution < -0.4 is 10.1 Å². The van der Waals surface area contributed by atoms with Gasteiger partial charge in [-0.15, -0.1) is 0 Å². The van der Waals surface area contributed by atoms with Crippen molar-refractivity contribution in [2.75, 3.05) is 19.9 Å². The van der Waals surface area contributed by atoms with Crippen LogP contribution in [0.5, 0.6) is 5.75 Å². The van der Waals surface area contributed by atoms with Gasteiger partial charge in [-0.2, -0.15) is 11.8 Å². The van der Waals surface area contributed by atoms with Crippen LogP contribution in [-0.2, 0) is 0 Å². The van der Waals surface area contributed by atoms with E-state index in [9.17, 15) is 4.39 Å². The lowest BCUT2D eigenvalue weighted by atomic mass is 10.0. The molecule has 0 radical (unpaired) electrons. The summed E-state index contributed by atoms with van der Waals surface area (Å²) in [5.74, 6) is 0.389. The molecule has 0 aliphatic rings. The second-order valence-electron chi connectivity index (χ2n) is 5.05. The largest absolute Gasteiger partial charge is 0.496 e. The van der Waals surface area contributed by atoms with E-state index < -0.39 is 0 Å². The van der Waals surface area contributed by atoms with Gasteiger partial charge >= 0.3 is 0 Å². The van der Waals surface area contributed by atoms with Crippen molar-refractivity contribution in [3.63, 3.8) is 0 Å². The Hall–Kier alpha value is -0.740. The van der Waals surface area contributed by atoms with E-state index in [4.69, 9.17) is 4.74 Å². The quantitative estimate of drug-likeness (QED) is 0.768. The van der Waals surface area contributed by atoms with Gasteiger partial charge in [-0.1, -0.05) is 19.9 Å².